The highest BCUT2D eigenvalue weighted by atomic mass is 35.5. The molecule has 24 heavy (non-hydrogen) atoms. The largest absolute Gasteiger partial charge is 0.481 e. The van der Waals surface area contributed by atoms with Crippen molar-refractivity contribution in [2.45, 2.75) is 6.54 Å². The van der Waals surface area contributed by atoms with Crippen molar-refractivity contribution in [1.29, 1.82) is 0 Å². The van der Waals surface area contributed by atoms with Crippen molar-refractivity contribution >= 4 is 23.6 Å². The third-order valence-electron chi connectivity index (χ3n) is 5.01. The normalized spacial score (nSPS) is 26.5. The zero-order valence-electron chi connectivity index (χ0n) is 13.8. The van der Waals surface area contributed by atoms with Crippen LogP contribution in [0.15, 0.2) is 18.5 Å². The third-order valence-corrected chi connectivity index (χ3v) is 5.35. The van der Waals surface area contributed by atoms with Gasteiger partial charge in [0.15, 0.2) is 0 Å². The zero-order valence-corrected chi connectivity index (χ0v) is 14.5. The maximum Gasteiger partial charge on any atom is 0.319 e. The van der Waals surface area contributed by atoms with Crippen LogP contribution in [0.4, 0.5) is 4.79 Å². The summed E-state index contributed by atoms with van der Waals surface area (Å²) in [4.78, 5) is 33.4. The minimum absolute atomic E-state index is 0.0699. The summed E-state index contributed by atoms with van der Waals surface area (Å²) in [5.41, 5.74) is 0.0407. The maximum absolute atomic E-state index is 12.2. The van der Waals surface area contributed by atoms with Crippen molar-refractivity contribution in [3.05, 3.63) is 29.0 Å². The molecule has 0 bridgehead atoms. The standard InChI is InChI=1S/C16H21ClN4O3/c1-19(2)15(24)21-8-12-7-20(9-16(12,10-21)14(22)23)6-11-3-4-18-5-13(11)17/h3-5,12H,6-10H2,1-2H3,(H,22,23)/t12-,16-/m0/s1. The Morgan fingerprint density at radius 3 is 2.75 bits per heavy atom. The molecular formula is C16H21ClN4O3. The smallest absolute Gasteiger partial charge is 0.319 e. The van der Waals surface area contributed by atoms with Crippen LogP contribution in [0.2, 0.25) is 5.02 Å². The van der Waals surface area contributed by atoms with Gasteiger partial charge in [0.25, 0.3) is 0 Å². The number of rotatable bonds is 3. The topological polar surface area (TPSA) is 77.0 Å². The summed E-state index contributed by atoms with van der Waals surface area (Å²) in [7, 11) is 3.36. The first-order chi connectivity index (χ1) is 11.3. The Balaban J connectivity index is 1.76. The number of carboxylic acids is 1. The molecule has 3 heterocycles. The first-order valence-corrected chi connectivity index (χ1v) is 8.21. The molecule has 0 aromatic carbocycles. The monoisotopic (exact) mass is 352 g/mol. The quantitative estimate of drug-likeness (QED) is 0.885. The predicted octanol–water partition coefficient (Wildman–Crippen LogP) is 1.23. The number of urea groups is 1. The number of carbonyl (C=O) groups excluding carboxylic acids is 1. The molecule has 1 aromatic heterocycles. The lowest BCUT2D eigenvalue weighted by Gasteiger charge is -2.27. The van der Waals surface area contributed by atoms with Gasteiger partial charge in [-0.05, 0) is 11.6 Å². The first kappa shape index (κ1) is 17.0. The van der Waals surface area contributed by atoms with Crippen molar-refractivity contribution in [2.24, 2.45) is 11.3 Å². The number of halogens is 1. The number of likely N-dealkylation sites (tertiary alicyclic amines) is 2. The molecule has 2 amide bonds. The maximum atomic E-state index is 12.2. The minimum atomic E-state index is -0.898. The number of amides is 2. The third kappa shape index (κ3) is 2.82. The molecule has 0 unspecified atom stereocenters. The Hall–Kier alpha value is -1.86. The summed E-state index contributed by atoms with van der Waals surface area (Å²) in [6.45, 7) is 2.38. The Morgan fingerprint density at radius 1 is 1.42 bits per heavy atom. The van der Waals surface area contributed by atoms with Gasteiger partial charge in [-0.1, -0.05) is 11.6 Å². The van der Waals surface area contributed by atoms with Crippen LogP contribution in [-0.2, 0) is 11.3 Å². The van der Waals surface area contributed by atoms with Crippen molar-refractivity contribution in [3.8, 4) is 0 Å². The van der Waals surface area contributed by atoms with Crippen LogP contribution in [0.1, 0.15) is 5.56 Å². The fourth-order valence-electron chi connectivity index (χ4n) is 3.79. The molecule has 2 atom stereocenters. The molecule has 1 N–H and O–H groups in total. The average Bonchev–Trinajstić information content (AvgIpc) is 3.03. The molecule has 0 radical (unpaired) electrons. The van der Waals surface area contributed by atoms with E-state index in [0.29, 0.717) is 31.2 Å². The average molecular weight is 353 g/mol. The molecule has 130 valence electrons. The van der Waals surface area contributed by atoms with E-state index in [9.17, 15) is 14.7 Å². The van der Waals surface area contributed by atoms with Crippen LogP contribution < -0.4 is 0 Å². The fraction of sp³-hybridized carbons (Fsp3) is 0.562. The fourth-order valence-corrected chi connectivity index (χ4v) is 3.97. The van der Waals surface area contributed by atoms with Gasteiger partial charge >= 0.3 is 12.0 Å². The SMILES string of the molecule is CN(C)C(=O)N1C[C@@H]2CN(Cc3ccncc3Cl)C[C@]2(C(=O)O)C1. The van der Waals surface area contributed by atoms with Gasteiger partial charge in [0.2, 0.25) is 0 Å². The lowest BCUT2D eigenvalue weighted by atomic mass is 9.81. The van der Waals surface area contributed by atoms with Gasteiger partial charge in [0.05, 0.1) is 5.02 Å². The Bertz CT molecular complexity index is 668. The molecule has 3 rings (SSSR count). The van der Waals surface area contributed by atoms with Gasteiger partial charge in [0, 0.05) is 65.1 Å². The minimum Gasteiger partial charge on any atom is -0.481 e. The van der Waals surface area contributed by atoms with Crippen molar-refractivity contribution in [1.82, 2.24) is 19.7 Å². The number of fused-ring (bicyclic) bond motifs is 1. The predicted molar refractivity (Wildman–Crippen MR) is 88.7 cm³/mol. The highest BCUT2D eigenvalue weighted by molar-refractivity contribution is 6.31. The van der Waals surface area contributed by atoms with E-state index in [1.165, 1.54) is 4.90 Å². The molecule has 2 aliphatic rings. The van der Waals surface area contributed by atoms with E-state index in [4.69, 9.17) is 11.6 Å². The Morgan fingerprint density at radius 2 is 2.17 bits per heavy atom. The molecule has 0 aliphatic carbocycles. The highest BCUT2D eigenvalue weighted by Gasteiger charge is 2.58. The molecule has 0 spiro atoms. The summed E-state index contributed by atoms with van der Waals surface area (Å²) >= 11 is 6.16. The van der Waals surface area contributed by atoms with Gasteiger partial charge in [0.1, 0.15) is 5.41 Å². The molecule has 0 saturated carbocycles. The van der Waals surface area contributed by atoms with Gasteiger partial charge in [-0.15, -0.1) is 0 Å². The van der Waals surface area contributed by atoms with E-state index in [-0.39, 0.29) is 18.5 Å². The van der Waals surface area contributed by atoms with E-state index in [2.05, 4.69) is 9.88 Å². The van der Waals surface area contributed by atoms with E-state index >= 15 is 0 Å². The van der Waals surface area contributed by atoms with E-state index in [1.54, 1.807) is 31.4 Å². The first-order valence-electron chi connectivity index (χ1n) is 7.84. The number of nitrogens with zero attached hydrogens (tertiary/aromatic N) is 4. The molecule has 8 heteroatoms. The number of aliphatic carboxylic acids is 1. The van der Waals surface area contributed by atoms with Crippen LogP contribution in [0.25, 0.3) is 0 Å². The second kappa shape index (κ2) is 6.22. The van der Waals surface area contributed by atoms with Gasteiger partial charge in [-0.25, -0.2) is 4.79 Å². The summed E-state index contributed by atoms with van der Waals surface area (Å²) in [5, 5.41) is 10.4. The number of hydrogen-bond acceptors (Lipinski definition) is 4. The number of carboxylic acid groups (broad SMARTS) is 1. The second-order valence-electron chi connectivity index (χ2n) is 6.85. The molecule has 2 saturated heterocycles. The van der Waals surface area contributed by atoms with E-state index < -0.39 is 11.4 Å². The van der Waals surface area contributed by atoms with Crippen LogP contribution in [0.3, 0.4) is 0 Å². The van der Waals surface area contributed by atoms with Crippen LogP contribution in [0.5, 0.6) is 0 Å². The molecule has 7 nitrogen and oxygen atoms in total. The summed E-state index contributed by atoms with van der Waals surface area (Å²) < 4.78 is 0. The van der Waals surface area contributed by atoms with Gasteiger partial charge in [-0.3, -0.25) is 14.7 Å². The molecular weight excluding hydrogens is 332 g/mol. The zero-order chi connectivity index (χ0) is 17.5. The van der Waals surface area contributed by atoms with Crippen LogP contribution in [0, 0.1) is 11.3 Å². The summed E-state index contributed by atoms with van der Waals surface area (Å²) in [6, 6.07) is 1.72. The van der Waals surface area contributed by atoms with E-state index in [1.807, 2.05) is 6.07 Å². The Kier molecular flexibility index (Phi) is 4.40. The van der Waals surface area contributed by atoms with E-state index in [0.717, 1.165) is 5.56 Å². The highest BCUT2D eigenvalue weighted by Crippen LogP contribution is 2.43. The summed E-state index contributed by atoms with van der Waals surface area (Å²) in [5.74, 6) is -0.899. The second-order valence-corrected chi connectivity index (χ2v) is 7.26. The molecule has 2 fully saturated rings. The number of carbonyl (C=O) groups is 2. The number of hydrogen-bond donors (Lipinski definition) is 1. The lowest BCUT2D eigenvalue weighted by Crippen LogP contribution is -2.44. The lowest BCUT2D eigenvalue weighted by molar-refractivity contribution is -0.148. The number of pyridine rings is 1. The van der Waals surface area contributed by atoms with Crippen LogP contribution >= 0.6 is 11.6 Å². The number of aromatic nitrogens is 1. The van der Waals surface area contributed by atoms with Gasteiger partial charge in [-0.2, -0.15) is 0 Å². The van der Waals surface area contributed by atoms with Gasteiger partial charge < -0.3 is 14.9 Å². The van der Waals surface area contributed by atoms with Crippen molar-refractivity contribution in [3.63, 3.8) is 0 Å². The van der Waals surface area contributed by atoms with Crippen molar-refractivity contribution < 1.29 is 14.7 Å². The Labute approximate surface area is 145 Å². The summed E-state index contributed by atoms with van der Waals surface area (Å²) in [6.07, 6.45) is 3.28. The molecule has 2 aliphatic heterocycles. The van der Waals surface area contributed by atoms with Crippen molar-refractivity contribution in [2.75, 3.05) is 40.3 Å². The molecule has 1 aromatic rings. The van der Waals surface area contributed by atoms with Crippen LogP contribution in [-0.4, -0.2) is 77.1 Å².